The number of nitrogens with zero attached hydrogens (tertiary/aromatic N) is 5. The molecule has 1 unspecified atom stereocenters. The number of benzene rings is 1. The van der Waals surface area contributed by atoms with Gasteiger partial charge in [0.05, 0.1) is 28.7 Å². The van der Waals surface area contributed by atoms with E-state index in [2.05, 4.69) is 25.7 Å². The first-order valence-corrected chi connectivity index (χ1v) is 11.3. The molecule has 11 heteroatoms. The van der Waals surface area contributed by atoms with Crippen LogP contribution in [0.2, 0.25) is 0 Å². The average molecular weight is 473 g/mol. The quantitative estimate of drug-likeness (QED) is 0.489. The zero-order chi connectivity index (χ0) is 24.5. The highest BCUT2D eigenvalue weighted by molar-refractivity contribution is 6.25. The van der Waals surface area contributed by atoms with Crippen LogP contribution in [0.25, 0.3) is 0 Å². The lowest BCUT2D eigenvalue weighted by molar-refractivity contribution is -0.136. The number of carbonyl (C=O) groups excluding carboxylic acids is 4. The number of aryl methyl sites for hydroxylation is 3. The van der Waals surface area contributed by atoms with Crippen molar-refractivity contribution in [3.63, 3.8) is 0 Å². The average Bonchev–Trinajstić information content (AvgIpc) is 3.39. The molecule has 0 aliphatic carbocycles. The molecule has 1 saturated heterocycles. The topological polar surface area (TPSA) is 139 Å². The molecule has 178 valence electrons. The van der Waals surface area contributed by atoms with Crippen molar-refractivity contribution >= 4 is 29.3 Å². The van der Waals surface area contributed by atoms with Crippen molar-refractivity contribution in [1.82, 2.24) is 30.0 Å². The second kappa shape index (κ2) is 9.09. The first-order valence-electron chi connectivity index (χ1n) is 11.3. The van der Waals surface area contributed by atoms with Crippen LogP contribution in [0.15, 0.2) is 43.0 Å². The van der Waals surface area contributed by atoms with E-state index in [9.17, 15) is 19.2 Å². The molecular formula is C24H23N7O4. The van der Waals surface area contributed by atoms with E-state index >= 15 is 0 Å². The van der Waals surface area contributed by atoms with Crippen molar-refractivity contribution in [2.24, 2.45) is 0 Å². The predicted octanol–water partition coefficient (Wildman–Crippen LogP) is 1.24. The van der Waals surface area contributed by atoms with Crippen molar-refractivity contribution < 1.29 is 19.2 Å². The lowest BCUT2D eigenvalue weighted by atomic mass is 10.0. The van der Waals surface area contributed by atoms with Gasteiger partial charge < -0.3 is 5.32 Å². The fourth-order valence-corrected chi connectivity index (χ4v) is 4.34. The summed E-state index contributed by atoms with van der Waals surface area (Å²) in [7, 11) is 0. The van der Waals surface area contributed by atoms with Gasteiger partial charge in [0.25, 0.3) is 11.8 Å². The summed E-state index contributed by atoms with van der Waals surface area (Å²) in [5, 5.41) is 9.80. The number of carbonyl (C=O) groups is 4. The van der Waals surface area contributed by atoms with Crippen molar-refractivity contribution in [3.8, 4) is 0 Å². The number of imide groups is 2. The summed E-state index contributed by atoms with van der Waals surface area (Å²) >= 11 is 0. The molecule has 4 heterocycles. The monoisotopic (exact) mass is 473 g/mol. The number of hydrogen-bond donors (Lipinski definition) is 2. The maximum Gasteiger partial charge on any atom is 0.264 e. The first kappa shape index (κ1) is 22.4. The van der Waals surface area contributed by atoms with Crippen LogP contribution in [0.5, 0.6) is 0 Å². The SMILES string of the molecule is Cc1cncc(CCn2cc(CNc3cccc4c3C(=O)N(C3CCC(=O)NC3=O)C4=O)cn2)n1. The maximum absolute atomic E-state index is 13.2. The van der Waals surface area contributed by atoms with E-state index in [4.69, 9.17) is 0 Å². The zero-order valence-corrected chi connectivity index (χ0v) is 19.0. The highest BCUT2D eigenvalue weighted by Gasteiger charge is 2.45. The number of nitrogens with one attached hydrogen (secondary N) is 2. The Balaban J connectivity index is 1.27. The minimum Gasteiger partial charge on any atom is -0.380 e. The zero-order valence-electron chi connectivity index (χ0n) is 19.0. The highest BCUT2D eigenvalue weighted by Crippen LogP contribution is 2.32. The van der Waals surface area contributed by atoms with Gasteiger partial charge in [-0.1, -0.05) is 6.07 Å². The fourth-order valence-electron chi connectivity index (χ4n) is 4.34. The van der Waals surface area contributed by atoms with Crippen LogP contribution in [-0.4, -0.2) is 54.3 Å². The smallest absolute Gasteiger partial charge is 0.264 e. The summed E-state index contributed by atoms with van der Waals surface area (Å²) in [5.41, 5.74) is 3.62. The minimum absolute atomic E-state index is 0.0787. The Morgan fingerprint density at radius 1 is 1.11 bits per heavy atom. The van der Waals surface area contributed by atoms with E-state index in [0.29, 0.717) is 25.2 Å². The molecule has 0 bridgehead atoms. The molecular weight excluding hydrogens is 450 g/mol. The summed E-state index contributed by atoms with van der Waals surface area (Å²) in [6.45, 7) is 2.93. The van der Waals surface area contributed by atoms with Gasteiger partial charge in [0.2, 0.25) is 11.8 Å². The Morgan fingerprint density at radius 2 is 1.97 bits per heavy atom. The fraction of sp³-hybridized carbons (Fsp3) is 0.292. The Hall–Kier alpha value is -4.41. The van der Waals surface area contributed by atoms with Crippen LogP contribution in [0.4, 0.5) is 5.69 Å². The van der Waals surface area contributed by atoms with Gasteiger partial charge in [0.15, 0.2) is 0 Å². The Morgan fingerprint density at radius 3 is 2.77 bits per heavy atom. The Labute approximate surface area is 200 Å². The van der Waals surface area contributed by atoms with Crippen LogP contribution in [0.1, 0.15) is 50.5 Å². The third-order valence-corrected chi connectivity index (χ3v) is 6.04. The number of rotatable bonds is 7. The van der Waals surface area contributed by atoms with Crippen molar-refractivity contribution in [3.05, 3.63) is 71.1 Å². The van der Waals surface area contributed by atoms with Crippen molar-refractivity contribution in [2.45, 2.75) is 45.3 Å². The number of anilines is 1. The second-order valence-corrected chi connectivity index (χ2v) is 8.54. The van der Waals surface area contributed by atoms with Crippen LogP contribution < -0.4 is 10.6 Å². The van der Waals surface area contributed by atoms with Gasteiger partial charge in [0, 0.05) is 55.8 Å². The lowest BCUT2D eigenvalue weighted by Gasteiger charge is -2.27. The summed E-state index contributed by atoms with van der Waals surface area (Å²) in [6.07, 6.45) is 7.99. The number of hydrogen-bond acceptors (Lipinski definition) is 8. The third-order valence-electron chi connectivity index (χ3n) is 6.04. The first-order chi connectivity index (χ1) is 16.9. The molecule has 0 radical (unpaired) electrons. The summed E-state index contributed by atoms with van der Waals surface area (Å²) in [6, 6.07) is 3.98. The van der Waals surface area contributed by atoms with Crippen molar-refractivity contribution in [2.75, 3.05) is 5.32 Å². The van der Waals surface area contributed by atoms with E-state index < -0.39 is 29.7 Å². The van der Waals surface area contributed by atoms with Crippen LogP contribution in [0.3, 0.4) is 0 Å². The number of piperidine rings is 1. The molecule has 0 saturated carbocycles. The maximum atomic E-state index is 13.2. The minimum atomic E-state index is -0.996. The summed E-state index contributed by atoms with van der Waals surface area (Å²) < 4.78 is 1.82. The standard InChI is InChI=1S/C24H23N7O4/c1-14-9-25-12-16(28-14)7-8-30-13-15(11-27-30)10-26-18-4-2-3-17-21(18)24(35)31(23(17)34)19-5-6-20(32)29-22(19)33/h2-4,9,11-13,19,26H,5-8,10H2,1H3,(H,29,32,33). The summed E-state index contributed by atoms with van der Waals surface area (Å²) in [4.78, 5) is 59.5. The molecule has 0 spiro atoms. The van der Waals surface area contributed by atoms with Gasteiger partial charge in [-0.25, -0.2) is 0 Å². The Kier molecular flexibility index (Phi) is 5.81. The molecule has 1 atom stereocenters. The molecule has 2 aromatic heterocycles. The van der Waals surface area contributed by atoms with E-state index in [1.807, 2.05) is 17.8 Å². The number of fused-ring (bicyclic) bond motifs is 1. The molecule has 35 heavy (non-hydrogen) atoms. The molecule has 5 rings (SSSR count). The van der Waals surface area contributed by atoms with Gasteiger partial charge in [-0.3, -0.25) is 44.0 Å². The molecule has 1 aromatic carbocycles. The van der Waals surface area contributed by atoms with Crippen LogP contribution in [-0.2, 0) is 29.1 Å². The van der Waals surface area contributed by atoms with Gasteiger partial charge in [-0.15, -0.1) is 0 Å². The third kappa shape index (κ3) is 4.39. The number of aromatic nitrogens is 4. The highest BCUT2D eigenvalue weighted by atomic mass is 16.2. The predicted molar refractivity (Wildman–Crippen MR) is 123 cm³/mol. The molecule has 2 aliphatic rings. The van der Waals surface area contributed by atoms with Crippen LogP contribution in [0, 0.1) is 6.92 Å². The summed E-state index contributed by atoms with van der Waals surface area (Å²) in [5.74, 6) is -2.11. The van der Waals surface area contributed by atoms with E-state index in [1.165, 1.54) is 0 Å². The molecule has 3 aromatic rings. The normalized spacial score (nSPS) is 17.5. The largest absolute Gasteiger partial charge is 0.380 e. The lowest BCUT2D eigenvalue weighted by Crippen LogP contribution is -2.54. The van der Waals surface area contributed by atoms with Gasteiger partial charge in [-0.2, -0.15) is 5.10 Å². The molecule has 2 aliphatic heterocycles. The van der Waals surface area contributed by atoms with E-state index in [0.717, 1.165) is 21.9 Å². The second-order valence-electron chi connectivity index (χ2n) is 8.54. The van der Waals surface area contributed by atoms with Gasteiger partial charge in [-0.05, 0) is 25.5 Å². The van der Waals surface area contributed by atoms with Gasteiger partial charge in [0.1, 0.15) is 6.04 Å². The molecule has 4 amide bonds. The Bertz CT molecular complexity index is 1350. The number of amides is 4. The van der Waals surface area contributed by atoms with Crippen molar-refractivity contribution in [1.29, 1.82) is 0 Å². The molecule has 2 N–H and O–H groups in total. The molecule has 1 fully saturated rings. The van der Waals surface area contributed by atoms with E-state index in [1.54, 1.807) is 36.8 Å². The van der Waals surface area contributed by atoms with Gasteiger partial charge >= 0.3 is 0 Å². The molecule has 11 nitrogen and oxygen atoms in total. The van der Waals surface area contributed by atoms with E-state index in [-0.39, 0.29) is 24.0 Å². The van der Waals surface area contributed by atoms with Crippen LogP contribution >= 0.6 is 0 Å².